The van der Waals surface area contributed by atoms with Gasteiger partial charge in [0.15, 0.2) is 12.7 Å². The summed E-state index contributed by atoms with van der Waals surface area (Å²) < 4.78 is 44.8. The first-order valence-electron chi connectivity index (χ1n) is 13.2. The van der Waals surface area contributed by atoms with Crippen molar-refractivity contribution in [1.29, 1.82) is 0 Å². The summed E-state index contributed by atoms with van der Waals surface area (Å²) in [6.07, 6.45) is -0.917. The molecule has 43 heavy (non-hydrogen) atoms. The van der Waals surface area contributed by atoms with Gasteiger partial charge in [-0.25, -0.2) is 8.42 Å². The van der Waals surface area contributed by atoms with Crippen LogP contribution in [0.25, 0.3) is 0 Å². The first-order valence-corrected chi connectivity index (χ1v) is 15.1. The number of para-hydroxylation sites is 2. The van der Waals surface area contributed by atoms with Crippen LogP contribution in [-0.2, 0) is 26.2 Å². The Labute approximate surface area is 254 Å². The third kappa shape index (κ3) is 7.19. The van der Waals surface area contributed by atoms with E-state index in [-0.39, 0.29) is 34.7 Å². The maximum Gasteiger partial charge on any atom is 0.265 e. The van der Waals surface area contributed by atoms with Crippen LogP contribution in [0.15, 0.2) is 102 Å². The lowest BCUT2D eigenvalue weighted by Gasteiger charge is -2.34. The molecule has 4 aromatic carbocycles. The summed E-state index contributed by atoms with van der Waals surface area (Å²) in [6.45, 7) is -0.0211. The smallest absolute Gasteiger partial charge is 0.265 e. The Morgan fingerprint density at radius 2 is 1.70 bits per heavy atom. The van der Waals surface area contributed by atoms with Gasteiger partial charge in [0, 0.05) is 6.54 Å². The van der Waals surface area contributed by atoms with Gasteiger partial charge in [-0.1, -0.05) is 54.1 Å². The molecule has 222 valence electrons. The number of carbonyl (C=O) groups is 2. The molecule has 1 heterocycles. The number of hydrogen-bond donors (Lipinski definition) is 2. The van der Waals surface area contributed by atoms with E-state index >= 15 is 0 Å². The molecule has 0 aromatic heterocycles. The Kier molecular flexibility index (Phi) is 9.03. The number of anilines is 2. The van der Waals surface area contributed by atoms with Crippen molar-refractivity contribution >= 4 is 44.8 Å². The van der Waals surface area contributed by atoms with Crippen molar-refractivity contribution in [3.05, 3.63) is 108 Å². The largest absolute Gasteiger partial charge is 0.495 e. The average Bonchev–Trinajstić information content (AvgIpc) is 3.02. The SMILES string of the molecule is COc1ccc(NS(=O)(=O)c2ccc(OCC(=O)N3CC(C(=O)NCc4ccccc4)Oc4ccccc43)cc2)cc1Cl. The Morgan fingerprint density at radius 1 is 0.977 bits per heavy atom. The molecule has 0 radical (unpaired) electrons. The predicted molar refractivity (Wildman–Crippen MR) is 162 cm³/mol. The molecule has 1 atom stereocenters. The lowest BCUT2D eigenvalue weighted by atomic mass is 10.1. The van der Waals surface area contributed by atoms with Crippen LogP contribution >= 0.6 is 11.6 Å². The fourth-order valence-corrected chi connectivity index (χ4v) is 5.70. The highest BCUT2D eigenvalue weighted by atomic mass is 35.5. The monoisotopic (exact) mass is 621 g/mol. The van der Waals surface area contributed by atoms with Crippen LogP contribution in [0.4, 0.5) is 11.4 Å². The highest BCUT2D eigenvalue weighted by Crippen LogP contribution is 2.33. The van der Waals surface area contributed by atoms with Crippen molar-refractivity contribution in [3.63, 3.8) is 0 Å². The standard InChI is InChI=1S/C31H28ClN3O7S/c1-40-27-16-11-22(17-25(27)32)34-43(38,39)24-14-12-23(13-15-24)41-20-30(36)35-19-29(42-28-10-6-5-9-26(28)35)31(37)33-18-21-7-3-2-4-8-21/h2-17,29,34H,18-20H2,1H3,(H,33,37). The number of halogens is 1. The van der Waals surface area contributed by atoms with E-state index in [2.05, 4.69) is 10.0 Å². The van der Waals surface area contributed by atoms with Crippen LogP contribution in [-0.4, -0.2) is 46.6 Å². The number of carbonyl (C=O) groups excluding carboxylic acids is 2. The fourth-order valence-electron chi connectivity index (χ4n) is 4.39. The van der Waals surface area contributed by atoms with Gasteiger partial charge in [0.25, 0.3) is 21.8 Å². The number of amides is 2. The highest BCUT2D eigenvalue weighted by Gasteiger charge is 2.34. The van der Waals surface area contributed by atoms with E-state index in [1.165, 1.54) is 48.4 Å². The molecule has 0 saturated carbocycles. The molecule has 2 amide bonds. The number of nitrogens with one attached hydrogen (secondary N) is 2. The van der Waals surface area contributed by atoms with Gasteiger partial charge in [0.05, 0.1) is 34.9 Å². The van der Waals surface area contributed by atoms with Crippen LogP contribution in [0, 0.1) is 0 Å². The van der Waals surface area contributed by atoms with Crippen molar-refractivity contribution in [2.24, 2.45) is 0 Å². The number of methoxy groups -OCH3 is 1. The van der Waals surface area contributed by atoms with Gasteiger partial charge in [0.2, 0.25) is 0 Å². The Balaban J connectivity index is 1.21. The molecular weight excluding hydrogens is 594 g/mol. The van der Waals surface area contributed by atoms with Crippen LogP contribution in [0.1, 0.15) is 5.56 Å². The molecule has 12 heteroatoms. The summed E-state index contributed by atoms with van der Waals surface area (Å²) in [5.41, 5.74) is 1.73. The van der Waals surface area contributed by atoms with E-state index in [0.29, 0.717) is 29.5 Å². The van der Waals surface area contributed by atoms with Crippen LogP contribution in [0.5, 0.6) is 17.2 Å². The van der Waals surface area contributed by atoms with Crippen LogP contribution in [0.2, 0.25) is 5.02 Å². The van der Waals surface area contributed by atoms with Gasteiger partial charge in [-0.3, -0.25) is 14.3 Å². The zero-order valence-corrected chi connectivity index (χ0v) is 24.6. The van der Waals surface area contributed by atoms with Crippen molar-refractivity contribution in [3.8, 4) is 17.2 Å². The second-order valence-corrected chi connectivity index (χ2v) is 11.6. The number of benzene rings is 4. The minimum absolute atomic E-state index is 0.00193. The molecule has 1 aliphatic rings. The lowest BCUT2D eigenvalue weighted by molar-refractivity contribution is -0.128. The van der Waals surface area contributed by atoms with Gasteiger partial charge in [0.1, 0.15) is 17.2 Å². The zero-order chi connectivity index (χ0) is 30.4. The van der Waals surface area contributed by atoms with Crippen molar-refractivity contribution < 1.29 is 32.2 Å². The molecule has 10 nitrogen and oxygen atoms in total. The molecule has 2 N–H and O–H groups in total. The lowest BCUT2D eigenvalue weighted by Crippen LogP contribution is -2.51. The number of ether oxygens (including phenoxy) is 3. The third-order valence-corrected chi connectivity index (χ3v) is 8.27. The second-order valence-electron chi connectivity index (χ2n) is 9.50. The second kappa shape index (κ2) is 13.1. The first-order chi connectivity index (χ1) is 20.7. The van der Waals surface area contributed by atoms with Gasteiger partial charge >= 0.3 is 0 Å². The Bertz CT molecular complexity index is 1720. The van der Waals surface area contributed by atoms with E-state index in [1.807, 2.05) is 30.3 Å². The summed E-state index contributed by atoms with van der Waals surface area (Å²) in [5, 5.41) is 3.12. The van der Waals surface area contributed by atoms with Crippen LogP contribution < -0.4 is 29.1 Å². The van der Waals surface area contributed by atoms with E-state index in [0.717, 1.165) is 5.56 Å². The Hall–Kier alpha value is -4.74. The minimum Gasteiger partial charge on any atom is -0.495 e. The molecule has 0 spiro atoms. The fraction of sp³-hybridized carbons (Fsp3) is 0.161. The van der Waals surface area contributed by atoms with E-state index in [9.17, 15) is 18.0 Å². The highest BCUT2D eigenvalue weighted by molar-refractivity contribution is 7.92. The van der Waals surface area contributed by atoms with Crippen molar-refractivity contribution in [2.75, 3.05) is 29.9 Å². The molecule has 0 saturated heterocycles. The quantitative estimate of drug-likeness (QED) is 0.264. The average molecular weight is 622 g/mol. The summed E-state index contributed by atoms with van der Waals surface area (Å²) in [7, 11) is -2.45. The van der Waals surface area contributed by atoms with Crippen molar-refractivity contribution in [1.82, 2.24) is 5.32 Å². The van der Waals surface area contributed by atoms with Gasteiger partial charge in [-0.2, -0.15) is 0 Å². The zero-order valence-electron chi connectivity index (χ0n) is 23.0. The normalized spacial score (nSPS) is 14.2. The molecule has 1 aliphatic heterocycles. The summed E-state index contributed by atoms with van der Waals surface area (Å²) >= 11 is 6.10. The summed E-state index contributed by atoms with van der Waals surface area (Å²) in [6, 6.07) is 26.6. The molecule has 1 unspecified atom stereocenters. The van der Waals surface area contributed by atoms with Crippen molar-refractivity contribution in [2.45, 2.75) is 17.5 Å². The maximum atomic E-state index is 13.3. The molecule has 0 aliphatic carbocycles. The number of hydrogen-bond acceptors (Lipinski definition) is 7. The first kappa shape index (κ1) is 29.7. The summed E-state index contributed by atoms with van der Waals surface area (Å²) in [5.74, 6) is 0.370. The van der Waals surface area contributed by atoms with Gasteiger partial charge < -0.3 is 24.4 Å². The molecule has 4 aromatic rings. The van der Waals surface area contributed by atoms with E-state index in [1.54, 1.807) is 30.3 Å². The molecular formula is C31H28ClN3O7S. The third-order valence-electron chi connectivity index (χ3n) is 6.58. The molecule has 0 bridgehead atoms. The number of fused-ring (bicyclic) bond motifs is 1. The number of sulfonamides is 1. The number of nitrogens with zero attached hydrogens (tertiary/aromatic N) is 1. The molecule has 0 fully saturated rings. The minimum atomic E-state index is -3.92. The maximum absolute atomic E-state index is 13.3. The van der Waals surface area contributed by atoms with E-state index < -0.39 is 22.0 Å². The topological polar surface area (TPSA) is 123 Å². The van der Waals surface area contributed by atoms with Gasteiger partial charge in [-0.05, 0) is 60.2 Å². The Morgan fingerprint density at radius 3 is 2.42 bits per heavy atom. The van der Waals surface area contributed by atoms with E-state index in [4.69, 9.17) is 25.8 Å². The van der Waals surface area contributed by atoms with Gasteiger partial charge in [-0.15, -0.1) is 0 Å². The number of rotatable bonds is 10. The molecule has 5 rings (SSSR count). The van der Waals surface area contributed by atoms with Crippen LogP contribution in [0.3, 0.4) is 0 Å². The predicted octanol–water partition coefficient (Wildman–Crippen LogP) is 4.64. The summed E-state index contributed by atoms with van der Waals surface area (Å²) in [4.78, 5) is 27.6.